The zero-order valence-corrected chi connectivity index (χ0v) is 25.2. The van der Waals surface area contributed by atoms with Gasteiger partial charge >= 0.3 is 6.09 Å². The monoisotopic (exact) mass is 511 g/mol. The summed E-state index contributed by atoms with van der Waals surface area (Å²) in [5.74, 6) is 5.70. The molecule has 0 aromatic rings. The van der Waals surface area contributed by atoms with E-state index in [1.54, 1.807) is 5.57 Å². The lowest BCUT2D eigenvalue weighted by Gasteiger charge is -2.58. The maximum absolute atomic E-state index is 12.4. The number of carbonyl (C=O) groups is 1. The van der Waals surface area contributed by atoms with Crippen molar-refractivity contribution in [1.29, 1.82) is 0 Å². The van der Waals surface area contributed by atoms with Crippen molar-refractivity contribution in [2.24, 2.45) is 52.3 Å². The molecular formula is C34H57NO2. The molecule has 0 radical (unpaired) electrons. The van der Waals surface area contributed by atoms with Crippen LogP contribution in [0.2, 0.25) is 0 Å². The van der Waals surface area contributed by atoms with Crippen LogP contribution in [0.15, 0.2) is 23.8 Å². The number of nitrogens with one attached hydrogen (secondary N) is 1. The molecule has 3 saturated carbocycles. The molecule has 0 bridgehead atoms. The lowest BCUT2D eigenvalue weighted by molar-refractivity contribution is -0.0581. The van der Waals surface area contributed by atoms with Crippen molar-refractivity contribution in [2.75, 3.05) is 6.54 Å². The van der Waals surface area contributed by atoms with E-state index in [1.807, 2.05) is 6.08 Å². The fraction of sp³-hybridized carbons (Fsp3) is 0.853. The van der Waals surface area contributed by atoms with Crippen molar-refractivity contribution < 1.29 is 9.53 Å². The molecule has 1 N–H and O–H groups in total. The summed E-state index contributed by atoms with van der Waals surface area (Å²) in [5, 5.41) is 2.91. The highest BCUT2D eigenvalue weighted by Gasteiger charge is 2.59. The Hall–Kier alpha value is -1.25. The maximum Gasteiger partial charge on any atom is 0.407 e. The molecule has 4 rings (SSSR count). The summed E-state index contributed by atoms with van der Waals surface area (Å²) >= 11 is 0. The predicted molar refractivity (Wildman–Crippen MR) is 155 cm³/mol. The molecule has 3 heteroatoms. The molecule has 0 aliphatic heterocycles. The standard InChI is InChI=1S/C34H57NO2/c1-23(2)10-8-12-25(5)29-15-16-30-28-14-13-26-22-27(37-32(36)35-21-9-11-24(3)4)17-19-33(26,6)31(28)18-20-34(29,30)7/h9,11,13,23-25,27-31H,8,10,12,14-22H2,1-7H3,(H,35,36)/b11-9+/t25-,27+,28?,29-,30?,31?,33+,34-/m1/s1. The Morgan fingerprint density at radius 3 is 2.57 bits per heavy atom. The topological polar surface area (TPSA) is 38.3 Å². The molecule has 4 aliphatic carbocycles. The molecule has 3 nitrogen and oxygen atoms in total. The first-order valence-electron chi connectivity index (χ1n) is 15.8. The van der Waals surface area contributed by atoms with Crippen LogP contribution in [-0.2, 0) is 4.74 Å². The maximum atomic E-state index is 12.4. The van der Waals surface area contributed by atoms with E-state index in [-0.39, 0.29) is 12.2 Å². The minimum absolute atomic E-state index is 0.0290. The molecule has 0 saturated heterocycles. The van der Waals surface area contributed by atoms with Crippen molar-refractivity contribution in [3.05, 3.63) is 23.8 Å². The summed E-state index contributed by atoms with van der Waals surface area (Å²) in [7, 11) is 0. The van der Waals surface area contributed by atoms with E-state index in [9.17, 15) is 4.79 Å². The molecule has 1 amide bonds. The minimum atomic E-state index is -0.260. The first-order chi connectivity index (χ1) is 17.5. The molecule has 0 aromatic heterocycles. The zero-order chi connectivity index (χ0) is 26.8. The average Bonchev–Trinajstić information content (AvgIpc) is 3.19. The summed E-state index contributed by atoms with van der Waals surface area (Å²) < 4.78 is 5.88. The molecule has 0 heterocycles. The summed E-state index contributed by atoms with van der Waals surface area (Å²) in [6.45, 7) is 17.4. The third-order valence-electron chi connectivity index (χ3n) is 11.4. The predicted octanol–water partition coefficient (Wildman–Crippen LogP) is 9.33. The van der Waals surface area contributed by atoms with Crippen LogP contribution in [0.25, 0.3) is 0 Å². The van der Waals surface area contributed by atoms with Crippen LogP contribution in [-0.4, -0.2) is 18.7 Å². The van der Waals surface area contributed by atoms with Crippen LogP contribution in [0.4, 0.5) is 4.79 Å². The number of hydrogen-bond donors (Lipinski definition) is 1. The van der Waals surface area contributed by atoms with Crippen molar-refractivity contribution in [2.45, 2.75) is 125 Å². The molecule has 3 unspecified atom stereocenters. The van der Waals surface area contributed by atoms with Gasteiger partial charge in [0.15, 0.2) is 0 Å². The summed E-state index contributed by atoms with van der Waals surface area (Å²) in [6, 6.07) is 0. The third kappa shape index (κ3) is 6.17. The van der Waals surface area contributed by atoms with Gasteiger partial charge in [0.2, 0.25) is 0 Å². The summed E-state index contributed by atoms with van der Waals surface area (Å²) in [4.78, 5) is 12.4. The largest absolute Gasteiger partial charge is 0.446 e. The van der Waals surface area contributed by atoms with Gasteiger partial charge in [0, 0.05) is 13.0 Å². The second kappa shape index (κ2) is 11.9. The Balaban J connectivity index is 1.36. The number of rotatable bonds is 9. The highest BCUT2D eigenvalue weighted by Crippen LogP contribution is 2.67. The summed E-state index contributed by atoms with van der Waals surface area (Å²) in [6.07, 6.45) is 20.8. The lowest BCUT2D eigenvalue weighted by atomic mass is 9.47. The quantitative estimate of drug-likeness (QED) is 0.313. The Morgan fingerprint density at radius 1 is 1.05 bits per heavy atom. The highest BCUT2D eigenvalue weighted by atomic mass is 16.6. The number of hydrogen-bond acceptors (Lipinski definition) is 2. The molecule has 210 valence electrons. The Bertz CT molecular complexity index is 843. The Morgan fingerprint density at radius 2 is 1.84 bits per heavy atom. The molecule has 0 spiro atoms. The van der Waals surface area contributed by atoms with Crippen LogP contribution >= 0.6 is 0 Å². The summed E-state index contributed by atoms with van der Waals surface area (Å²) in [5.41, 5.74) is 2.45. The van der Waals surface area contributed by atoms with Gasteiger partial charge in [-0.3, -0.25) is 0 Å². The van der Waals surface area contributed by atoms with Gasteiger partial charge in [-0.15, -0.1) is 0 Å². The molecule has 4 aliphatic rings. The highest BCUT2D eigenvalue weighted by molar-refractivity contribution is 5.67. The first kappa shape index (κ1) is 28.8. The second-order valence-corrected chi connectivity index (χ2v) is 14.6. The minimum Gasteiger partial charge on any atom is -0.446 e. The Kier molecular flexibility index (Phi) is 9.22. The second-order valence-electron chi connectivity index (χ2n) is 14.6. The number of amides is 1. The van der Waals surface area contributed by atoms with Gasteiger partial charge in [0.1, 0.15) is 6.10 Å². The van der Waals surface area contributed by atoms with Crippen molar-refractivity contribution in [3.8, 4) is 0 Å². The third-order valence-corrected chi connectivity index (χ3v) is 11.4. The van der Waals surface area contributed by atoms with E-state index >= 15 is 0 Å². The smallest absolute Gasteiger partial charge is 0.407 e. The van der Waals surface area contributed by atoms with Crippen LogP contribution in [0.5, 0.6) is 0 Å². The van der Waals surface area contributed by atoms with E-state index in [4.69, 9.17) is 4.74 Å². The van der Waals surface area contributed by atoms with Crippen molar-refractivity contribution in [3.63, 3.8) is 0 Å². The van der Waals surface area contributed by atoms with Crippen molar-refractivity contribution >= 4 is 6.09 Å². The molecule has 8 atom stereocenters. The van der Waals surface area contributed by atoms with Gasteiger partial charge in [0.05, 0.1) is 0 Å². The van der Waals surface area contributed by atoms with Gasteiger partial charge in [-0.05, 0) is 97.2 Å². The van der Waals surface area contributed by atoms with E-state index in [0.717, 1.165) is 48.3 Å². The molecule has 37 heavy (non-hydrogen) atoms. The van der Waals surface area contributed by atoms with Crippen molar-refractivity contribution in [1.82, 2.24) is 5.32 Å². The number of alkyl carbamates (subject to hydrolysis) is 1. The SMILES string of the molecule is CC(C)/C=C/CNC(=O)O[C@H]1CC[C@@]2(C)C(=CCC3C2CC[C@@]2(C)C3CC[C@@H]2[C@H](C)CCCC(C)C)C1. The fourth-order valence-electron chi connectivity index (χ4n) is 9.43. The lowest BCUT2D eigenvalue weighted by Crippen LogP contribution is -2.51. The average molecular weight is 512 g/mol. The first-order valence-corrected chi connectivity index (χ1v) is 15.8. The number of allylic oxidation sites excluding steroid dienone is 2. The zero-order valence-electron chi connectivity index (χ0n) is 25.2. The fourth-order valence-corrected chi connectivity index (χ4v) is 9.43. The number of fused-ring (bicyclic) bond motifs is 5. The van der Waals surface area contributed by atoms with E-state index in [0.29, 0.717) is 23.3 Å². The van der Waals surface area contributed by atoms with E-state index < -0.39 is 0 Å². The van der Waals surface area contributed by atoms with Gasteiger partial charge < -0.3 is 10.1 Å². The van der Waals surface area contributed by atoms with Crippen LogP contribution in [0.1, 0.15) is 119 Å². The van der Waals surface area contributed by atoms with Crippen LogP contribution < -0.4 is 5.32 Å². The van der Waals surface area contributed by atoms with Crippen LogP contribution in [0, 0.1) is 52.3 Å². The molecular weight excluding hydrogens is 454 g/mol. The van der Waals surface area contributed by atoms with Crippen LogP contribution in [0.3, 0.4) is 0 Å². The van der Waals surface area contributed by atoms with Gasteiger partial charge in [0.25, 0.3) is 0 Å². The normalized spacial score (nSPS) is 38.2. The Labute approximate surface area is 228 Å². The molecule has 0 aromatic carbocycles. The number of carbonyl (C=O) groups excluding carboxylic acids is 1. The molecule has 3 fully saturated rings. The van der Waals surface area contributed by atoms with Gasteiger partial charge in [-0.1, -0.05) is 91.5 Å². The van der Waals surface area contributed by atoms with E-state index in [2.05, 4.69) is 65.9 Å². The van der Waals surface area contributed by atoms with E-state index in [1.165, 1.54) is 57.8 Å². The van der Waals surface area contributed by atoms with Gasteiger partial charge in [-0.25, -0.2) is 4.79 Å². The number of ether oxygens (including phenoxy) is 1. The van der Waals surface area contributed by atoms with Gasteiger partial charge in [-0.2, -0.15) is 0 Å².